The van der Waals surface area contributed by atoms with Gasteiger partial charge in [-0.15, -0.1) is 0 Å². The highest BCUT2D eigenvalue weighted by Gasteiger charge is 2.39. The molecular formula is C18H23N3OS. The number of fused-ring (bicyclic) bond motifs is 2. The lowest BCUT2D eigenvalue weighted by atomic mass is 9.96. The first-order valence-corrected chi connectivity index (χ1v) is 9.08. The Kier molecular flexibility index (Phi) is 3.97. The molecule has 2 N–H and O–H groups in total. The van der Waals surface area contributed by atoms with Gasteiger partial charge in [-0.2, -0.15) is 0 Å². The summed E-state index contributed by atoms with van der Waals surface area (Å²) in [7, 11) is 0. The van der Waals surface area contributed by atoms with E-state index in [0.29, 0.717) is 17.6 Å². The summed E-state index contributed by atoms with van der Waals surface area (Å²) in [5, 5.41) is 7.49. The zero-order chi connectivity index (χ0) is 15.8. The molecule has 3 aliphatic rings. The molecule has 4 nitrogen and oxygen atoms in total. The van der Waals surface area contributed by atoms with Crippen molar-refractivity contribution >= 4 is 34.6 Å². The Labute approximate surface area is 142 Å². The van der Waals surface area contributed by atoms with E-state index in [1.165, 1.54) is 25.7 Å². The largest absolute Gasteiger partial charge is 0.359 e. The van der Waals surface area contributed by atoms with Gasteiger partial charge in [0.15, 0.2) is 5.11 Å². The Hall–Kier alpha value is -1.62. The summed E-state index contributed by atoms with van der Waals surface area (Å²) in [5.41, 5.74) is 1.91. The predicted octanol–water partition coefficient (Wildman–Crippen LogP) is 3.29. The summed E-state index contributed by atoms with van der Waals surface area (Å²) in [6, 6.07) is 8.51. The second-order valence-electron chi connectivity index (χ2n) is 7.08. The smallest absolute Gasteiger partial charge is 0.227 e. The number of rotatable bonds is 3. The molecule has 2 aliphatic carbocycles. The van der Waals surface area contributed by atoms with Crippen molar-refractivity contribution in [2.75, 3.05) is 16.8 Å². The Morgan fingerprint density at radius 1 is 1.26 bits per heavy atom. The van der Waals surface area contributed by atoms with Crippen LogP contribution < -0.4 is 15.5 Å². The standard InChI is InChI=1S/C18H23N3OS/c22-17-5-2-8-21(17)15-4-1-3-14(11-15)19-18(23)20-16-10-12-6-7-13(16)9-12/h1,3-4,11-13,16H,2,5-10H2,(H2,19,20,23). The molecule has 1 saturated heterocycles. The second-order valence-corrected chi connectivity index (χ2v) is 7.49. The third-order valence-corrected chi connectivity index (χ3v) is 5.76. The van der Waals surface area contributed by atoms with Gasteiger partial charge in [-0.1, -0.05) is 12.5 Å². The number of thiocarbonyl (C=S) groups is 1. The predicted molar refractivity (Wildman–Crippen MR) is 96.6 cm³/mol. The fraction of sp³-hybridized carbons (Fsp3) is 0.556. The molecule has 0 radical (unpaired) electrons. The molecule has 1 aromatic rings. The molecule has 1 amide bonds. The van der Waals surface area contributed by atoms with Gasteiger partial charge in [0, 0.05) is 30.4 Å². The summed E-state index contributed by atoms with van der Waals surface area (Å²) in [5.74, 6) is 1.92. The lowest BCUT2D eigenvalue weighted by molar-refractivity contribution is -0.117. The SMILES string of the molecule is O=C1CCCN1c1cccc(NC(=S)NC2CC3CCC2C3)c1. The highest BCUT2D eigenvalue weighted by molar-refractivity contribution is 7.80. The minimum Gasteiger partial charge on any atom is -0.359 e. The van der Waals surface area contributed by atoms with E-state index in [2.05, 4.69) is 10.6 Å². The lowest BCUT2D eigenvalue weighted by Gasteiger charge is -2.25. The van der Waals surface area contributed by atoms with E-state index >= 15 is 0 Å². The summed E-state index contributed by atoms with van der Waals surface area (Å²) in [6.07, 6.45) is 6.97. The van der Waals surface area contributed by atoms with Crippen molar-refractivity contribution in [2.24, 2.45) is 11.8 Å². The molecule has 1 aliphatic heterocycles. The average Bonchev–Trinajstić information content (AvgIpc) is 3.24. The highest BCUT2D eigenvalue weighted by Crippen LogP contribution is 2.44. The van der Waals surface area contributed by atoms with Crippen molar-refractivity contribution in [1.82, 2.24) is 5.32 Å². The van der Waals surface area contributed by atoms with E-state index in [4.69, 9.17) is 12.2 Å². The lowest BCUT2D eigenvalue weighted by Crippen LogP contribution is -2.40. The molecule has 2 bridgehead atoms. The topological polar surface area (TPSA) is 44.4 Å². The van der Waals surface area contributed by atoms with Crippen LogP contribution in [0.2, 0.25) is 0 Å². The summed E-state index contributed by atoms with van der Waals surface area (Å²) < 4.78 is 0. The van der Waals surface area contributed by atoms with Crippen LogP contribution in [0.4, 0.5) is 11.4 Å². The first-order chi connectivity index (χ1) is 11.2. The molecule has 4 rings (SSSR count). The van der Waals surface area contributed by atoms with Crippen LogP contribution >= 0.6 is 12.2 Å². The van der Waals surface area contributed by atoms with Crippen molar-refractivity contribution in [2.45, 2.75) is 44.6 Å². The van der Waals surface area contributed by atoms with Gasteiger partial charge >= 0.3 is 0 Å². The van der Waals surface area contributed by atoms with Crippen molar-refractivity contribution in [3.8, 4) is 0 Å². The average molecular weight is 329 g/mol. The number of carbonyl (C=O) groups excluding carboxylic acids is 1. The van der Waals surface area contributed by atoms with Crippen molar-refractivity contribution in [3.63, 3.8) is 0 Å². The van der Waals surface area contributed by atoms with Gasteiger partial charge in [0.25, 0.3) is 0 Å². The van der Waals surface area contributed by atoms with Crippen LogP contribution in [0.5, 0.6) is 0 Å². The Morgan fingerprint density at radius 2 is 2.17 bits per heavy atom. The first kappa shape index (κ1) is 14.9. The molecule has 23 heavy (non-hydrogen) atoms. The van der Waals surface area contributed by atoms with E-state index in [0.717, 1.165) is 36.2 Å². The monoisotopic (exact) mass is 329 g/mol. The third-order valence-electron chi connectivity index (χ3n) is 5.54. The van der Waals surface area contributed by atoms with Crippen LogP contribution in [0.15, 0.2) is 24.3 Å². The minimum atomic E-state index is 0.213. The Balaban J connectivity index is 1.38. The number of nitrogens with zero attached hydrogens (tertiary/aromatic N) is 1. The number of hydrogen-bond acceptors (Lipinski definition) is 2. The molecule has 3 fully saturated rings. The molecule has 1 heterocycles. The molecule has 3 atom stereocenters. The van der Waals surface area contributed by atoms with Crippen LogP contribution in [0, 0.1) is 11.8 Å². The molecule has 122 valence electrons. The maximum Gasteiger partial charge on any atom is 0.227 e. The maximum atomic E-state index is 11.9. The Bertz CT molecular complexity index is 632. The van der Waals surface area contributed by atoms with E-state index in [1.54, 1.807) is 0 Å². The van der Waals surface area contributed by atoms with Gasteiger partial charge in [-0.3, -0.25) is 4.79 Å². The number of hydrogen-bond donors (Lipinski definition) is 2. The molecular weight excluding hydrogens is 306 g/mol. The van der Waals surface area contributed by atoms with Crippen LogP contribution in [0.1, 0.15) is 38.5 Å². The summed E-state index contributed by atoms with van der Waals surface area (Å²) >= 11 is 5.49. The summed E-state index contributed by atoms with van der Waals surface area (Å²) in [6.45, 7) is 0.816. The maximum absolute atomic E-state index is 11.9. The third kappa shape index (κ3) is 3.07. The number of carbonyl (C=O) groups is 1. The van der Waals surface area contributed by atoms with Crippen LogP contribution in [0.3, 0.4) is 0 Å². The van der Waals surface area contributed by atoms with E-state index in [-0.39, 0.29) is 5.91 Å². The van der Waals surface area contributed by atoms with Gasteiger partial charge in [0.05, 0.1) is 0 Å². The van der Waals surface area contributed by atoms with Gasteiger partial charge in [0.2, 0.25) is 5.91 Å². The van der Waals surface area contributed by atoms with Crippen LogP contribution in [0.25, 0.3) is 0 Å². The molecule has 3 unspecified atom stereocenters. The number of amides is 1. The summed E-state index contributed by atoms with van der Waals surface area (Å²) in [4.78, 5) is 13.7. The van der Waals surface area contributed by atoms with E-state index in [1.807, 2.05) is 29.2 Å². The van der Waals surface area contributed by atoms with Gasteiger partial charge in [-0.25, -0.2) is 0 Å². The molecule has 5 heteroatoms. The molecule has 2 saturated carbocycles. The van der Waals surface area contributed by atoms with Crippen molar-refractivity contribution in [3.05, 3.63) is 24.3 Å². The van der Waals surface area contributed by atoms with Gasteiger partial charge < -0.3 is 15.5 Å². The molecule has 0 aromatic heterocycles. The van der Waals surface area contributed by atoms with E-state index < -0.39 is 0 Å². The van der Waals surface area contributed by atoms with Crippen LogP contribution in [-0.4, -0.2) is 23.6 Å². The fourth-order valence-corrected chi connectivity index (χ4v) is 4.70. The zero-order valence-corrected chi connectivity index (χ0v) is 14.1. The second kappa shape index (κ2) is 6.11. The van der Waals surface area contributed by atoms with Crippen molar-refractivity contribution in [1.29, 1.82) is 0 Å². The number of nitrogens with one attached hydrogen (secondary N) is 2. The van der Waals surface area contributed by atoms with Crippen LogP contribution in [-0.2, 0) is 4.79 Å². The molecule has 0 spiro atoms. The minimum absolute atomic E-state index is 0.213. The van der Waals surface area contributed by atoms with Gasteiger partial charge in [-0.05, 0) is 67.9 Å². The number of anilines is 2. The van der Waals surface area contributed by atoms with E-state index in [9.17, 15) is 4.79 Å². The first-order valence-electron chi connectivity index (χ1n) is 8.67. The van der Waals surface area contributed by atoms with Gasteiger partial charge in [0.1, 0.15) is 0 Å². The number of benzene rings is 1. The highest BCUT2D eigenvalue weighted by atomic mass is 32.1. The molecule has 1 aromatic carbocycles. The zero-order valence-electron chi connectivity index (χ0n) is 13.3. The Morgan fingerprint density at radius 3 is 2.87 bits per heavy atom. The normalized spacial score (nSPS) is 29.1. The quantitative estimate of drug-likeness (QED) is 0.835. The fourth-order valence-electron chi connectivity index (χ4n) is 4.43. The van der Waals surface area contributed by atoms with Crippen molar-refractivity contribution < 1.29 is 4.79 Å².